The van der Waals surface area contributed by atoms with E-state index in [-0.39, 0.29) is 0 Å². The second-order valence-corrected chi connectivity index (χ2v) is 7.82. The second kappa shape index (κ2) is 9.97. The SMILES string of the molecule is CCCCOc1nc(N)c2c(n1)N(CCCC1CCN(CCC)CC1)CN2. The Hall–Kier alpha value is -1.76. The van der Waals surface area contributed by atoms with Crippen molar-refractivity contribution in [1.29, 1.82) is 0 Å². The highest BCUT2D eigenvalue weighted by molar-refractivity contribution is 5.80. The number of nitrogen functional groups attached to an aromatic ring is 1. The molecule has 152 valence electrons. The molecule has 0 saturated carbocycles. The molecular formula is C20H36N6O. The number of fused-ring (bicyclic) bond motifs is 1. The van der Waals surface area contributed by atoms with Gasteiger partial charge >= 0.3 is 6.01 Å². The van der Waals surface area contributed by atoms with Gasteiger partial charge in [-0.3, -0.25) is 0 Å². The van der Waals surface area contributed by atoms with Crippen molar-refractivity contribution in [3.63, 3.8) is 0 Å². The lowest BCUT2D eigenvalue weighted by atomic mass is 9.92. The lowest BCUT2D eigenvalue weighted by Gasteiger charge is -2.32. The van der Waals surface area contributed by atoms with Gasteiger partial charge in [0.05, 0.1) is 13.3 Å². The summed E-state index contributed by atoms with van der Waals surface area (Å²) in [6, 6.07) is 0.400. The summed E-state index contributed by atoms with van der Waals surface area (Å²) in [7, 11) is 0. The van der Waals surface area contributed by atoms with Gasteiger partial charge in [0.25, 0.3) is 0 Å². The number of hydrogen-bond acceptors (Lipinski definition) is 7. The van der Waals surface area contributed by atoms with Crippen LogP contribution >= 0.6 is 0 Å². The van der Waals surface area contributed by atoms with Crippen molar-refractivity contribution >= 4 is 17.3 Å². The van der Waals surface area contributed by atoms with E-state index in [1.165, 1.54) is 51.7 Å². The number of nitrogens with zero attached hydrogens (tertiary/aromatic N) is 4. The number of piperidine rings is 1. The Labute approximate surface area is 163 Å². The van der Waals surface area contributed by atoms with Gasteiger partial charge < -0.3 is 25.6 Å². The second-order valence-electron chi connectivity index (χ2n) is 7.82. The van der Waals surface area contributed by atoms with Crippen LogP contribution in [0.1, 0.15) is 58.8 Å². The number of ether oxygens (including phenoxy) is 1. The normalized spacial score (nSPS) is 17.8. The molecule has 1 aromatic heterocycles. The summed E-state index contributed by atoms with van der Waals surface area (Å²) in [6.07, 6.45) is 8.53. The molecular weight excluding hydrogens is 340 g/mol. The zero-order chi connectivity index (χ0) is 19.1. The number of anilines is 3. The predicted molar refractivity (Wildman–Crippen MR) is 111 cm³/mol. The molecule has 1 fully saturated rings. The van der Waals surface area contributed by atoms with Gasteiger partial charge in [-0.25, -0.2) is 0 Å². The highest BCUT2D eigenvalue weighted by atomic mass is 16.5. The third kappa shape index (κ3) is 5.37. The average molecular weight is 377 g/mol. The Morgan fingerprint density at radius 2 is 1.93 bits per heavy atom. The number of hydrogen-bond donors (Lipinski definition) is 2. The standard InChI is InChI=1S/C20H36N6O/c1-3-5-14-27-20-23-18(21)17-19(24-20)26(15-22-17)11-6-7-16-8-12-25(10-4-2)13-9-16/h16,22H,3-15H2,1-2H3,(H2,21,23,24). The quantitative estimate of drug-likeness (QED) is 0.606. The van der Waals surface area contributed by atoms with E-state index in [0.717, 1.165) is 43.5 Å². The van der Waals surface area contributed by atoms with Gasteiger partial charge in [-0.05, 0) is 64.1 Å². The zero-order valence-corrected chi connectivity index (χ0v) is 17.0. The topological polar surface area (TPSA) is 79.5 Å². The number of nitrogens with one attached hydrogen (secondary N) is 1. The van der Waals surface area contributed by atoms with Crippen molar-refractivity contribution in [3.8, 4) is 6.01 Å². The fourth-order valence-electron chi connectivity index (χ4n) is 4.04. The van der Waals surface area contributed by atoms with Crippen molar-refractivity contribution in [3.05, 3.63) is 0 Å². The molecule has 7 heteroatoms. The fraction of sp³-hybridized carbons (Fsp3) is 0.800. The number of nitrogens with two attached hydrogens (primary N) is 1. The molecule has 3 rings (SSSR count). The van der Waals surface area contributed by atoms with E-state index in [0.29, 0.717) is 18.4 Å². The number of likely N-dealkylation sites (tertiary alicyclic amines) is 1. The molecule has 7 nitrogen and oxygen atoms in total. The van der Waals surface area contributed by atoms with Gasteiger partial charge in [-0.15, -0.1) is 0 Å². The van der Waals surface area contributed by atoms with Gasteiger partial charge in [0, 0.05) is 6.54 Å². The highest BCUT2D eigenvalue weighted by Gasteiger charge is 2.25. The molecule has 0 bridgehead atoms. The van der Waals surface area contributed by atoms with Crippen LogP contribution in [0.2, 0.25) is 0 Å². The van der Waals surface area contributed by atoms with E-state index in [1.807, 2.05) is 0 Å². The number of aromatic nitrogens is 2. The van der Waals surface area contributed by atoms with E-state index in [2.05, 4.69) is 38.9 Å². The molecule has 0 atom stereocenters. The van der Waals surface area contributed by atoms with Gasteiger partial charge in [0.15, 0.2) is 11.6 Å². The summed E-state index contributed by atoms with van der Waals surface area (Å²) in [4.78, 5) is 13.8. The van der Waals surface area contributed by atoms with Crippen LogP contribution in [0.5, 0.6) is 6.01 Å². The van der Waals surface area contributed by atoms with Crippen LogP contribution in [0.25, 0.3) is 0 Å². The van der Waals surface area contributed by atoms with Crippen molar-refractivity contribution in [1.82, 2.24) is 14.9 Å². The van der Waals surface area contributed by atoms with E-state index in [1.54, 1.807) is 0 Å². The van der Waals surface area contributed by atoms with Crippen LogP contribution in [-0.2, 0) is 0 Å². The fourth-order valence-corrected chi connectivity index (χ4v) is 4.04. The van der Waals surface area contributed by atoms with Crippen LogP contribution in [0, 0.1) is 5.92 Å². The van der Waals surface area contributed by atoms with Crippen molar-refractivity contribution in [2.75, 3.05) is 55.4 Å². The minimum Gasteiger partial charge on any atom is -0.463 e. The molecule has 2 aliphatic rings. The minimum atomic E-state index is 0.400. The lowest BCUT2D eigenvalue weighted by molar-refractivity contribution is 0.178. The summed E-state index contributed by atoms with van der Waals surface area (Å²) in [5, 5.41) is 3.33. The smallest absolute Gasteiger partial charge is 0.320 e. The Morgan fingerprint density at radius 1 is 1.11 bits per heavy atom. The van der Waals surface area contributed by atoms with Crippen molar-refractivity contribution in [2.24, 2.45) is 5.92 Å². The maximum atomic E-state index is 6.10. The molecule has 2 aliphatic heterocycles. The summed E-state index contributed by atoms with van der Waals surface area (Å²) in [6.45, 7) is 10.6. The van der Waals surface area contributed by atoms with Gasteiger partial charge in [-0.1, -0.05) is 20.3 Å². The van der Waals surface area contributed by atoms with Crippen LogP contribution in [-0.4, -0.2) is 54.3 Å². The summed E-state index contributed by atoms with van der Waals surface area (Å²) < 4.78 is 5.67. The first-order valence-electron chi connectivity index (χ1n) is 10.7. The molecule has 1 aromatic rings. The monoisotopic (exact) mass is 376 g/mol. The van der Waals surface area contributed by atoms with E-state index in [9.17, 15) is 0 Å². The van der Waals surface area contributed by atoms with Crippen LogP contribution in [0.4, 0.5) is 17.3 Å². The first-order chi connectivity index (χ1) is 13.2. The molecule has 0 aromatic carbocycles. The van der Waals surface area contributed by atoms with Crippen LogP contribution in [0.15, 0.2) is 0 Å². The average Bonchev–Trinajstić information content (AvgIpc) is 3.07. The first kappa shape index (κ1) is 20.0. The van der Waals surface area contributed by atoms with Crippen molar-refractivity contribution < 1.29 is 4.74 Å². The largest absolute Gasteiger partial charge is 0.463 e. The van der Waals surface area contributed by atoms with Gasteiger partial charge in [0.1, 0.15) is 5.69 Å². The Bertz CT molecular complexity index is 588. The molecule has 3 N–H and O–H groups in total. The summed E-state index contributed by atoms with van der Waals surface area (Å²) in [5.74, 6) is 2.25. The van der Waals surface area contributed by atoms with E-state index >= 15 is 0 Å². The summed E-state index contributed by atoms with van der Waals surface area (Å²) in [5.41, 5.74) is 6.95. The molecule has 0 unspecified atom stereocenters. The van der Waals surface area contributed by atoms with Gasteiger partial charge in [0.2, 0.25) is 0 Å². The Morgan fingerprint density at radius 3 is 2.67 bits per heavy atom. The molecule has 0 amide bonds. The van der Waals surface area contributed by atoms with E-state index in [4.69, 9.17) is 10.5 Å². The first-order valence-corrected chi connectivity index (χ1v) is 10.7. The molecule has 3 heterocycles. The van der Waals surface area contributed by atoms with Crippen LogP contribution < -0.4 is 20.7 Å². The molecule has 0 spiro atoms. The van der Waals surface area contributed by atoms with Gasteiger partial charge in [-0.2, -0.15) is 9.97 Å². The number of rotatable bonds is 10. The highest BCUT2D eigenvalue weighted by Crippen LogP contribution is 2.35. The Balaban J connectivity index is 1.47. The van der Waals surface area contributed by atoms with Crippen LogP contribution in [0.3, 0.4) is 0 Å². The lowest BCUT2D eigenvalue weighted by Crippen LogP contribution is -2.34. The zero-order valence-electron chi connectivity index (χ0n) is 17.0. The maximum Gasteiger partial charge on any atom is 0.320 e. The molecule has 0 aliphatic carbocycles. The molecule has 1 saturated heterocycles. The maximum absolute atomic E-state index is 6.10. The number of unbranched alkanes of at least 4 members (excludes halogenated alkanes) is 1. The third-order valence-electron chi connectivity index (χ3n) is 5.66. The summed E-state index contributed by atoms with van der Waals surface area (Å²) >= 11 is 0. The third-order valence-corrected chi connectivity index (χ3v) is 5.66. The Kier molecular flexibility index (Phi) is 7.38. The molecule has 0 radical (unpaired) electrons. The minimum absolute atomic E-state index is 0.400. The predicted octanol–water partition coefficient (Wildman–Crippen LogP) is 3.33. The van der Waals surface area contributed by atoms with Crippen molar-refractivity contribution in [2.45, 2.75) is 58.8 Å². The van der Waals surface area contributed by atoms with E-state index < -0.39 is 0 Å². The molecule has 27 heavy (non-hydrogen) atoms.